The van der Waals surface area contributed by atoms with Gasteiger partial charge in [0.15, 0.2) is 0 Å². The highest BCUT2D eigenvalue weighted by Crippen LogP contribution is 2.27. The quantitative estimate of drug-likeness (QED) is 0.528. The van der Waals surface area contributed by atoms with Crippen molar-refractivity contribution >= 4 is 33.1 Å². The van der Waals surface area contributed by atoms with Gasteiger partial charge in [0.25, 0.3) is 16.0 Å². The summed E-state index contributed by atoms with van der Waals surface area (Å²) in [6.45, 7) is 4.07. The predicted molar refractivity (Wildman–Crippen MR) is 114 cm³/mol. The van der Waals surface area contributed by atoms with Crippen molar-refractivity contribution in [3.8, 4) is 0 Å². The zero-order chi connectivity index (χ0) is 21.0. The Balaban J connectivity index is 1.90. The Morgan fingerprint density at radius 2 is 1.79 bits per heavy atom. The number of hydrogen-bond acceptors (Lipinski definition) is 5. The first-order valence-corrected chi connectivity index (χ1v) is 10.8. The summed E-state index contributed by atoms with van der Waals surface area (Å²) in [5.74, 6) is -0.297. The van der Waals surface area contributed by atoms with Crippen LogP contribution in [0, 0.1) is 0 Å². The van der Waals surface area contributed by atoms with Crippen molar-refractivity contribution in [2.24, 2.45) is 5.10 Å². The van der Waals surface area contributed by atoms with Crippen molar-refractivity contribution in [1.82, 2.24) is 0 Å². The van der Waals surface area contributed by atoms with E-state index in [4.69, 9.17) is 4.55 Å². The first-order chi connectivity index (χ1) is 13.8. The summed E-state index contributed by atoms with van der Waals surface area (Å²) >= 11 is 0. The monoisotopic (exact) mass is 413 g/mol. The third-order valence-corrected chi connectivity index (χ3v) is 5.46. The fourth-order valence-corrected chi connectivity index (χ4v) is 3.56. The number of amides is 1. The molecule has 29 heavy (non-hydrogen) atoms. The molecule has 0 spiro atoms. The van der Waals surface area contributed by atoms with Crippen LogP contribution in [0.25, 0.3) is 0 Å². The van der Waals surface area contributed by atoms with Gasteiger partial charge in [0.1, 0.15) is 0 Å². The third kappa shape index (κ3) is 4.55. The zero-order valence-electron chi connectivity index (χ0n) is 16.3. The molecule has 0 unspecified atom stereocenters. The molecule has 2 aromatic carbocycles. The number of para-hydroxylation sites is 1. The molecule has 1 aliphatic heterocycles. The van der Waals surface area contributed by atoms with Crippen LogP contribution in [0.15, 0.2) is 70.3 Å². The summed E-state index contributed by atoms with van der Waals surface area (Å²) in [6, 6.07) is 13.3. The Bertz CT molecular complexity index is 1070. The Kier molecular flexibility index (Phi) is 6.14. The van der Waals surface area contributed by atoms with Crippen molar-refractivity contribution in [3.63, 3.8) is 0 Å². The minimum atomic E-state index is -4.29. The molecule has 0 radical (unpaired) electrons. The maximum absolute atomic E-state index is 13.0. The van der Waals surface area contributed by atoms with E-state index in [1.165, 1.54) is 29.3 Å². The number of nitrogens with one attached hydrogen (secondary N) is 1. The average molecular weight is 413 g/mol. The molecule has 1 amide bonds. The fraction of sp³-hybridized carbons (Fsp3) is 0.238. The van der Waals surface area contributed by atoms with Gasteiger partial charge in [0.05, 0.1) is 21.9 Å². The van der Waals surface area contributed by atoms with E-state index in [1.54, 1.807) is 6.20 Å². The lowest BCUT2D eigenvalue weighted by Gasteiger charge is -2.12. The van der Waals surface area contributed by atoms with Gasteiger partial charge < -0.3 is 5.32 Å². The first kappa shape index (κ1) is 20.8. The van der Waals surface area contributed by atoms with Crippen LogP contribution in [0.1, 0.15) is 32.3 Å². The molecule has 2 N–H and O–H groups in total. The largest absolute Gasteiger partial charge is 0.361 e. The van der Waals surface area contributed by atoms with E-state index in [1.807, 2.05) is 31.2 Å². The van der Waals surface area contributed by atoms with E-state index in [-0.39, 0.29) is 10.8 Å². The summed E-state index contributed by atoms with van der Waals surface area (Å²) in [6.07, 6.45) is 4.00. The molecule has 0 aliphatic carbocycles. The van der Waals surface area contributed by atoms with Crippen LogP contribution in [0.4, 0.5) is 11.4 Å². The number of anilines is 2. The molecular weight excluding hydrogens is 390 g/mol. The van der Waals surface area contributed by atoms with Gasteiger partial charge >= 0.3 is 0 Å². The lowest BCUT2D eigenvalue weighted by atomic mass is 10.1. The van der Waals surface area contributed by atoms with Gasteiger partial charge in [-0.2, -0.15) is 18.5 Å². The number of carbonyl (C=O) groups is 1. The Morgan fingerprint density at radius 1 is 1.10 bits per heavy atom. The van der Waals surface area contributed by atoms with E-state index in [2.05, 4.69) is 17.3 Å². The topological polar surface area (TPSA) is 99.1 Å². The molecule has 0 bridgehead atoms. The second-order valence-electron chi connectivity index (χ2n) is 6.60. The molecule has 0 fully saturated rings. The van der Waals surface area contributed by atoms with Crippen LogP contribution < -0.4 is 10.3 Å². The Labute approximate surface area is 170 Å². The number of hydrazone groups is 1. The maximum Gasteiger partial charge on any atom is 0.294 e. The molecule has 1 heterocycles. The smallest absolute Gasteiger partial charge is 0.294 e. The van der Waals surface area contributed by atoms with Crippen LogP contribution in [-0.2, 0) is 21.3 Å². The van der Waals surface area contributed by atoms with Crippen LogP contribution in [-0.4, -0.2) is 24.6 Å². The molecule has 3 rings (SSSR count). The summed E-state index contributed by atoms with van der Waals surface area (Å²) in [7, 11) is -4.29. The lowest BCUT2D eigenvalue weighted by molar-refractivity contribution is -0.114. The third-order valence-electron chi connectivity index (χ3n) is 4.59. The summed E-state index contributed by atoms with van der Waals surface area (Å²) < 4.78 is 31.6. The van der Waals surface area contributed by atoms with Gasteiger partial charge in [-0.1, -0.05) is 38.5 Å². The first-order valence-electron chi connectivity index (χ1n) is 9.39. The molecule has 152 valence electrons. The van der Waals surface area contributed by atoms with Crippen molar-refractivity contribution in [2.45, 2.75) is 38.0 Å². The molecule has 0 saturated heterocycles. The maximum atomic E-state index is 13.0. The normalized spacial score (nSPS) is 15.7. The standard InChI is InChI=1S/C21H23N3O4S/c1-3-7-20-18(14-22-19-9-6-5-8-15(19)4-2)21(25)24(23-20)16-10-12-17(13-11-16)29(26,27)28/h5-6,8-14,22H,3-4,7H2,1-2H3,(H,26,27,28). The number of benzene rings is 2. The second kappa shape index (κ2) is 8.59. The highest BCUT2D eigenvalue weighted by atomic mass is 32.2. The van der Waals surface area contributed by atoms with Crippen molar-refractivity contribution in [2.75, 3.05) is 10.3 Å². The van der Waals surface area contributed by atoms with Crippen molar-refractivity contribution < 1.29 is 17.8 Å². The summed E-state index contributed by atoms with van der Waals surface area (Å²) in [4.78, 5) is 12.7. The average Bonchev–Trinajstić information content (AvgIpc) is 3.01. The second-order valence-corrected chi connectivity index (χ2v) is 8.02. The summed E-state index contributed by atoms with van der Waals surface area (Å²) in [5.41, 5.74) is 3.63. The van der Waals surface area contributed by atoms with Gasteiger partial charge in [-0.3, -0.25) is 9.35 Å². The molecule has 2 aromatic rings. The molecule has 7 nitrogen and oxygen atoms in total. The van der Waals surface area contributed by atoms with Gasteiger partial charge in [0, 0.05) is 11.9 Å². The molecule has 0 saturated carbocycles. The number of hydrogen-bond donors (Lipinski definition) is 2. The fourth-order valence-electron chi connectivity index (χ4n) is 3.08. The molecular formula is C21H23N3O4S. The van der Waals surface area contributed by atoms with Crippen LogP contribution in [0.3, 0.4) is 0 Å². The number of rotatable bonds is 7. The Hall–Kier alpha value is -2.97. The minimum absolute atomic E-state index is 0.237. The number of carbonyl (C=O) groups excluding carboxylic acids is 1. The van der Waals surface area contributed by atoms with Gasteiger partial charge in [0.2, 0.25) is 0 Å². The lowest BCUT2D eigenvalue weighted by Crippen LogP contribution is -2.22. The summed E-state index contributed by atoms with van der Waals surface area (Å²) in [5, 5.41) is 8.91. The Morgan fingerprint density at radius 3 is 2.41 bits per heavy atom. The van der Waals surface area contributed by atoms with Gasteiger partial charge in [-0.05, 0) is 48.7 Å². The van der Waals surface area contributed by atoms with Gasteiger partial charge in [-0.15, -0.1) is 0 Å². The zero-order valence-corrected chi connectivity index (χ0v) is 17.1. The van der Waals surface area contributed by atoms with Crippen LogP contribution in [0.2, 0.25) is 0 Å². The van der Waals surface area contributed by atoms with Crippen molar-refractivity contribution in [1.29, 1.82) is 0 Å². The minimum Gasteiger partial charge on any atom is -0.361 e. The van der Waals surface area contributed by atoms with Crippen LogP contribution >= 0.6 is 0 Å². The van der Waals surface area contributed by atoms with Crippen LogP contribution in [0.5, 0.6) is 0 Å². The molecule has 0 aromatic heterocycles. The molecule has 8 heteroatoms. The highest BCUT2D eigenvalue weighted by molar-refractivity contribution is 7.85. The predicted octanol–water partition coefficient (Wildman–Crippen LogP) is 3.99. The number of nitrogens with zero attached hydrogens (tertiary/aromatic N) is 2. The van der Waals surface area contributed by atoms with E-state index in [0.29, 0.717) is 23.4 Å². The van der Waals surface area contributed by atoms with E-state index < -0.39 is 10.1 Å². The van der Waals surface area contributed by atoms with Gasteiger partial charge in [-0.25, -0.2) is 0 Å². The van der Waals surface area contributed by atoms with Crippen molar-refractivity contribution in [3.05, 3.63) is 65.9 Å². The molecule has 1 aliphatic rings. The van der Waals surface area contributed by atoms with E-state index in [0.717, 1.165) is 24.1 Å². The SMILES string of the molecule is CCCC1=NN(c2ccc(S(=O)(=O)O)cc2)C(=O)C1=CNc1ccccc1CC. The number of aryl methyl sites for hydroxylation is 1. The van der Waals surface area contributed by atoms with E-state index >= 15 is 0 Å². The van der Waals surface area contributed by atoms with E-state index in [9.17, 15) is 13.2 Å². The molecule has 0 atom stereocenters. The highest BCUT2D eigenvalue weighted by Gasteiger charge is 2.30.